The van der Waals surface area contributed by atoms with Crippen molar-refractivity contribution >= 4 is 11.3 Å². The predicted molar refractivity (Wildman–Crippen MR) is 89.4 cm³/mol. The second-order valence-corrected chi connectivity index (χ2v) is 6.12. The largest absolute Gasteiger partial charge is 0.489 e. The number of aryl methyl sites for hydroxylation is 3. The summed E-state index contributed by atoms with van der Waals surface area (Å²) in [6.07, 6.45) is 0.850. The Morgan fingerprint density at radius 2 is 2.22 bits per heavy atom. The number of para-hydroxylation sites is 1. The SMILES string of the molecule is [3H]c1ccc(OCc2c(-n3nnn(C)c3=O)csc2CC)c(C)c1. The van der Waals surface area contributed by atoms with E-state index in [-0.39, 0.29) is 5.69 Å². The third-order valence-electron chi connectivity index (χ3n) is 3.62. The van der Waals surface area contributed by atoms with Crippen LogP contribution in [0.2, 0.25) is 0 Å². The molecule has 3 rings (SSSR count). The molecule has 120 valence electrons. The fraction of sp³-hybridized carbons (Fsp3) is 0.312. The lowest BCUT2D eigenvalue weighted by atomic mass is 10.2. The highest BCUT2D eigenvalue weighted by Gasteiger charge is 2.17. The van der Waals surface area contributed by atoms with Gasteiger partial charge in [-0.3, -0.25) is 0 Å². The Bertz CT molecular complexity index is 929. The molecule has 2 aromatic heterocycles. The van der Waals surface area contributed by atoms with Crippen molar-refractivity contribution in [1.82, 2.24) is 19.8 Å². The molecule has 6 nitrogen and oxygen atoms in total. The van der Waals surface area contributed by atoms with Gasteiger partial charge in [0.15, 0.2) is 0 Å². The van der Waals surface area contributed by atoms with E-state index in [1.165, 1.54) is 9.36 Å². The topological polar surface area (TPSA) is 61.9 Å². The normalized spacial score (nSPS) is 11.5. The van der Waals surface area contributed by atoms with Crippen molar-refractivity contribution in [1.29, 1.82) is 0 Å². The Balaban J connectivity index is 1.94. The van der Waals surface area contributed by atoms with Crippen LogP contribution in [0, 0.1) is 6.92 Å². The minimum absolute atomic E-state index is 0.286. The predicted octanol–water partition coefficient (Wildman–Crippen LogP) is 2.48. The summed E-state index contributed by atoms with van der Waals surface area (Å²) in [5.74, 6) is 0.733. The highest BCUT2D eigenvalue weighted by Crippen LogP contribution is 2.27. The molecule has 0 saturated carbocycles. The molecule has 2 heterocycles. The van der Waals surface area contributed by atoms with Gasteiger partial charge in [0.2, 0.25) is 0 Å². The summed E-state index contributed by atoms with van der Waals surface area (Å²) in [6, 6.07) is 5.71. The zero-order valence-corrected chi connectivity index (χ0v) is 14.1. The van der Waals surface area contributed by atoms with Crippen LogP contribution in [0.5, 0.6) is 5.75 Å². The Hall–Kier alpha value is -2.41. The molecule has 0 spiro atoms. The molecule has 0 radical (unpaired) electrons. The van der Waals surface area contributed by atoms with Gasteiger partial charge in [0, 0.05) is 22.9 Å². The summed E-state index contributed by atoms with van der Waals surface area (Å²) in [5, 5.41) is 9.60. The Morgan fingerprint density at radius 1 is 1.39 bits per heavy atom. The minimum Gasteiger partial charge on any atom is -0.489 e. The van der Waals surface area contributed by atoms with E-state index in [2.05, 4.69) is 17.4 Å². The number of ether oxygens (including phenoxy) is 1. The van der Waals surface area contributed by atoms with E-state index in [4.69, 9.17) is 6.11 Å². The van der Waals surface area contributed by atoms with Gasteiger partial charge in [-0.2, -0.15) is 9.36 Å². The van der Waals surface area contributed by atoms with E-state index >= 15 is 0 Å². The fourth-order valence-electron chi connectivity index (χ4n) is 2.32. The van der Waals surface area contributed by atoms with Crippen LogP contribution in [0.4, 0.5) is 0 Å². The van der Waals surface area contributed by atoms with Crippen LogP contribution in [-0.2, 0) is 20.1 Å². The molecule has 0 aliphatic carbocycles. The summed E-state index contributed by atoms with van der Waals surface area (Å²) in [6.45, 7) is 4.32. The smallest absolute Gasteiger partial charge is 0.368 e. The van der Waals surface area contributed by atoms with Crippen molar-refractivity contribution in [2.75, 3.05) is 0 Å². The summed E-state index contributed by atoms with van der Waals surface area (Å²) >= 11 is 1.58. The first-order chi connectivity index (χ1) is 11.5. The molecule has 0 N–H and O–H groups in total. The number of hydrogen-bond donors (Lipinski definition) is 0. The first-order valence-electron chi connectivity index (χ1n) is 7.80. The standard InChI is InChI=1S/C16H18N4O2S/c1-4-15-12(9-22-14-8-6-5-7-11(14)2)13(10-23-15)20-16(21)19(3)17-18-20/h5-8,10H,4,9H2,1-3H3/i5T. The van der Waals surface area contributed by atoms with Crippen LogP contribution in [0.3, 0.4) is 0 Å². The summed E-state index contributed by atoms with van der Waals surface area (Å²) in [4.78, 5) is 13.3. The van der Waals surface area contributed by atoms with Crippen LogP contribution >= 0.6 is 11.3 Å². The fourth-order valence-corrected chi connectivity index (χ4v) is 3.29. The molecule has 3 aromatic rings. The maximum atomic E-state index is 12.1. The quantitative estimate of drug-likeness (QED) is 0.720. The lowest BCUT2D eigenvalue weighted by Crippen LogP contribution is -2.22. The average Bonchev–Trinajstić information content (AvgIpc) is 3.10. The van der Waals surface area contributed by atoms with Crippen molar-refractivity contribution < 1.29 is 6.11 Å². The summed E-state index contributed by atoms with van der Waals surface area (Å²) < 4.78 is 16.1. The maximum Gasteiger partial charge on any atom is 0.368 e. The van der Waals surface area contributed by atoms with Crippen LogP contribution in [-0.4, -0.2) is 19.8 Å². The maximum absolute atomic E-state index is 12.1. The lowest BCUT2D eigenvalue weighted by Gasteiger charge is -2.10. The molecule has 0 aliphatic heterocycles. The Labute approximate surface area is 139 Å². The van der Waals surface area contributed by atoms with E-state index in [0.717, 1.165) is 28.2 Å². The third-order valence-corrected chi connectivity index (χ3v) is 4.78. The van der Waals surface area contributed by atoms with E-state index in [9.17, 15) is 4.79 Å². The zero-order valence-electron chi connectivity index (χ0n) is 14.2. The van der Waals surface area contributed by atoms with Gasteiger partial charge in [-0.1, -0.05) is 25.1 Å². The number of aromatic nitrogens is 4. The Morgan fingerprint density at radius 3 is 2.87 bits per heavy atom. The summed E-state index contributed by atoms with van der Waals surface area (Å²) in [7, 11) is 1.57. The number of nitrogens with zero attached hydrogens (tertiary/aromatic N) is 4. The molecule has 0 atom stereocenters. The summed E-state index contributed by atoms with van der Waals surface area (Å²) in [5.41, 5.74) is 2.28. The lowest BCUT2D eigenvalue weighted by molar-refractivity contribution is 0.303. The molecule has 7 heteroatoms. The van der Waals surface area contributed by atoms with Gasteiger partial charge in [-0.15, -0.1) is 11.3 Å². The molecule has 23 heavy (non-hydrogen) atoms. The number of rotatable bonds is 5. The second kappa shape index (κ2) is 6.37. The highest BCUT2D eigenvalue weighted by atomic mass is 32.1. The molecule has 0 aliphatic rings. The van der Waals surface area contributed by atoms with Gasteiger partial charge < -0.3 is 4.74 Å². The van der Waals surface area contributed by atoms with E-state index in [1.807, 2.05) is 12.3 Å². The van der Waals surface area contributed by atoms with Crippen molar-refractivity contribution in [2.45, 2.75) is 26.9 Å². The van der Waals surface area contributed by atoms with Crippen LogP contribution < -0.4 is 10.4 Å². The van der Waals surface area contributed by atoms with Crippen molar-refractivity contribution in [3.05, 3.63) is 56.1 Å². The van der Waals surface area contributed by atoms with Gasteiger partial charge in [-0.25, -0.2) is 4.79 Å². The van der Waals surface area contributed by atoms with Gasteiger partial charge in [0.05, 0.1) is 7.06 Å². The average molecular weight is 332 g/mol. The Kier molecular flexibility index (Phi) is 3.94. The molecule has 0 saturated heterocycles. The van der Waals surface area contributed by atoms with Gasteiger partial charge in [0.1, 0.15) is 12.4 Å². The molecule has 1 aromatic carbocycles. The van der Waals surface area contributed by atoms with Crippen LogP contribution in [0.1, 0.15) is 24.3 Å². The van der Waals surface area contributed by atoms with E-state index < -0.39 is 0 Å². The monoisotopic (exact) mass is 332 g/mol. The van der Waals surface area contributed by atoms with Gasteiger partial charge >= 0.3 is 5.69 Å². The first-order valence-corrected chi connectivity index (χ1v) is 8.18. The molecular weight excluding hydrogens is 312 g/mol. The number of benzene rings is 1. The number of hydrogen-bond acceptors (Lipinski definition) is 5. The third kappa shape index (κ3) is 2.92. The number of thiophene rings is 1. The minimum atomic E-state index is -0.286. The first kappa shape index (κ1) is 14.2. The van der Waals surface area contributed by atoms with E-state index in [1.54, 1.807) is 36.6 Å². The number of tetrazole rings is 1. The highest BCUT2D eigenvalue weighted by molar-refractivity contribution is 7.10. The van der Waals surface area contributed by atoms with Crippen LogP contribution in [0.15, 0.2) is 34.4 Å². The van der Waals surface area contributed by atoms with Gasteiger partial charge in [-0.05, 0) is 35.4 Å². The van der Waals surface area contributed by atoms with E-state index in [0.29, 0.717) is 18.3 Å². The van der Waals surface area contributed by atoms with Crippen molar-refractivity contribution in [3.8, 4) is 11.4 Å². The van der Waals surface area contributed by atoms with Crippen molar-refractivity contribution in [2.24, 2.45) is 7.05 Å². The molecule has 0 fully saturated rings. The molecule has 0 amide bonds. The molecule has 0 unspecified atom stereocenters. The molecule has 0 bridgehead atoms. The van der Waals surface area contributed by atoms with Crippen molar-refractivity contribution in [3.63, 3.8) is 0 Å². The van der Waals surface area contributed by atoms with Gasteiger partial charge in [0.25, 0.3) is 0 Å². The zero-order chi connectivity index (χ0) is 17.3. The second-order valence-electron chi connectivity index (χ2n) is 5.15. The van der Waals surface area contributed by atoms with Crippen LogP contribution in [0.25, 0.3) is 5.69 Å². The molecular formula is C16H18N4O2S.